The van der Waals surface area contributed by atoms with Gasteiger partial charge in [0.15, 0.2) is 9.84 Å². The van der Waals surface area contributed by atoms with Crippen molar-refractivity contribution in [1.29, 1.82) is 0 Å². The van der Waals surface area contributed by atoms with Crippen molar-refractivity contribution < 1.29 is 13.2 Å². The van der Waals surface area contributed by atoms with E-state index in [0.717, 1.165) is 51.1 Å². The van der Waals surface area contributed by atoms with Gasteiger partial charge in [0.05, 0.1) is 17.5 Å². The third kappa shape index (κ3) is 4.82. The molecule has 2 saturated heterocycles. The van der Waals surface area contributed by atoms with E-state index in [-0.39, 0.29) is 29.5 Å². The van der Waals surface area contributed by atoms with Gasteiger partial charge in [0, 0.05) is 30.4 Å². The summed E-state index contributed by atoms with van der Waals surface area (Å²) in [5.41, 5.74) is 1.69. The highest BCUT2D eigenvalue weighted by Gasteiger charge is 2.42. The molecule has 1 amide bonds. The van der Waals surface area contributed by atoms with E-state index in [0.29, 0.717) is 5.56 Å². The van der Waals surface area contributed by atoms with Crippen molar-refractivity contribution in [2.45, 2.75) is 45.2 Å². The van der Waals surface area contributed by atoms with Gasteiger partial charge < -0.3 is 10.2 Å². The molecule has 6 nitrogen and oxygen atoms in total. The van der Waals surface area contributed by atoms with Gasteiger partial charge in [0.25, 0.3) is 5.91 Å². The molecule has 2 unspecified atom stereocenters. The molecular formula is C20H31N3O3S. The summed E-state index contributed by atoms with van der Waals surface area (Å²) < 4.78 is 24.3. The smallest absolute Gasteiger partial charge is 0.251 e. The van der Waals surface area contributed by atoms with Crippen LogP contribution in [0, 0.1) is 0 Å². The van der Waals surface area contributed by atoms with Crippen LogP contribution in [-0.2, 0) is 9.84 Å². The van der Waals surface area contributed by atoms with E-state index in [1.54, 1.807) is 0 Å². The van der Waals surface area contributed by atoms with Crippen LogP contribution >= 0.6 is 0 Å². The standard InChI is InChI=1S/C20H31N3O3S/c1-3-11-22(4-2)17-9-7-16(8-10-17)20(24)21-18-14-27(25,26)15-19(18)23-12-5-6-13-23/h7-10,18-19H,3-6,11-15H2,1-2H3,(H,21,24). The molecule has 27 heavy (non-hydrogen) atoms. The lowest BCUT2D eigenvalue weighted by molar-refractivity contribution is 0.0918. The minimum absolute atomic E-state index is 0.0398. The second-order valence-corrected chi connectivity index (χ2v) is 9.75. The monoisotopic (exact) mass is 393 g/mol. The normalized spacial score (nSPS) is 24.8. The van der Waals surface area contributed by atoms with Crippen LogP contribution in [0.15, 0.2) is 24.3 Å². The first-order chi connectivity index (χ1) is 12.9. The van der Waals surface area contributed by atoms with Crippen LogP contribution in [0.5, 0.6) is 0 Å². The van der Waals surface area contributed by atoms with Gasteiger partial charge >= 0.3 is 0 Å². The Kier molecular flexibility index (Phi) is 6.42. The molecule has 2 atom stereocenters. The van der Waals surface area contributed by atoms with Crippen LogP contribution in [0.4, 0.5) is 5.69 Å². The number of likely N-dealkylation sites (tertiary alicyclic amines) is 1. The van der Waals surface area contributed by atoms with Gasteiger partial charge in [0.1, 0.15) is 0 Å². The number of hydrogen-bond donors (Lipinski definition) is 1. The molecule has 3 rings (SSSR count). The molecule has 0 aliphatic carbocycles. The number of rotatable bonds is 7. The van der Waals surface area contributed by atoms with E-state index < -0.39 is 9.84 Å². The number of benzene rings is 1. The van der Waals surface area contributed by atoms with Crippen LogP contribution in [0.3, 0.4) is 0 Å². The van der Waals surface area contributed by atoms with Crippen LogP contribution in [0.2, 0.25) is 0 Å². The Morgan fingerprint density at radius 2 is 1.81 bits per heavy atom. The number of carbonyl (C=O) groups excluding carboxylic acids is 1. The first-order valence-corrected chi connectivity index (χ1v) is 11.9. The van der Waals surface area contributed by atoms with E-state index in [2.05, 4.69) is 29.0 Å². The average molecular weight is 394 g/mol. The zero-order valence-electron chi connectivity index (χ0n) is 16.4. The van der Waals surface area contributed by atoms with Crippen molar-refractivity contribution >= 4 is 21.4 Å². The molecule has 0 aromatic heterocycles. The molecule has 0 bridgehead atoms. The highest BCUT2D eigenvalue weighted by atomic mass is 32.2. The third-order valence-electron chi connectivity index (χ3n) is 5.62. The lowest BCUT2D eigenvalue weighted by Gasteiger charge is -2.28. The summed E-state index contributed by atoms with van der Waals surface area (Å²) in [6, 6.07) is 7.18. The molecule has 1 aromatic carbocycles. The molecular weight excluding hydrogens is 362 g/mol. The SMILES string of the molecule is CCCN(CC)c1ccc(C(=O)NC2CS(=O)(=O)CC2N2CCCC2)cc1. The summed E-state index contributed by atoms with van der Waals surface area (Å²) >= 11 is 0. The Morgan fingerprint density at radius 3 is 2.41 bits per heavy atom. The maximum Gasteiger partial charge on any atom is 0.251 e. The summed E-state index contributed by atoms with van der Waals surface area (Å²) in [5.74, 6) is 0.00340. The Hall–Kier alpha value is -1.60. The molecule has 2 heterocycles. The molecule has 1 aromatic rings. The van der Waals surface area contributed by atoms with Crippen molar-refractivity contribution in [3.05, 3.63) is 29.8 Å². The first-order valence-electron chi connectivity index (χ1n) is 10.0. The largest absolute Gasteiger partial charge is 0.372 e. The second kappa shape index (κ2) is 8.61. The number of hydrogen-bond acceptors (Lipinski definition) is 5. The molecule has 2 aliphatic rings. The second-order valence-electron chi connectivity index (χ2n) is 7.59. The number of nitrogens with zero attached hydrogens (tertiary/aromatic N) is 2. The summed E-state index contributed by atoms with van der Waals surface area (Å²) in [4.78, 5) is 17.2. The third-order valence-corrected chi connectivity index (χ3v) is 7.34. The number of amides is 1. The topological polar surface area (TPSA) is 69.7 Å². The van der Waals surface area contributed by atoms with Crippen molar-refractivity contribution in [1.82, 2.24) is 10.2 Å². The Morgan fingerprint density at radius 1 is 1.15 bits per heavy atom. The summed E-state index contributed by atoms with van der Waals surface area (Å²) in [6.07, 6.45) is 3.28. The number of nitrogens with one attached hydrogen (secondary N) is 1. The van der Waals surface area contributed by atoms with Crippen molar-refractivity contribution in [3.63, 3.8) is 0 Å². The maximum absolute atomic E-state index is 12.7. The summed E-state index contributed by atoms with van der Waals surface area (Å²) in [6.45, 7) is 8.03. The zero-order valence-corrected chi connectivity index (χ0v) is 17.2. The fourth-order valence-corrected chi connectivity index (χ4v) is 6.17. The molecule has 2 fully saturated rings. The highest BCUT2D eigenvalue weighted by Crippen LogP contribution is 2.23. The number of anilines is 1. The Labute approximate surface area is 162 Å². The molecule has 0 radical (unpaired) electrons. The Bertz CT molecular complexity index is 742. The Balaban J connectivity index is 1.68. The van der Waals surface area contributed by atoms with Crippen molar-refractivity contribution in [2.24, 2.45) is 0 Å². The number of sulfone groups is 1. The van der Waals surface area contributed by atoms with Gasteiger partial charge in [-0.15, -0.1) is 0 Å². The maximum atomic E-state index is 12.7. The van der Waals surface area contributed by atoms with Crippen LogP contribution in [0.25, 0.3) is 0 Å². The van der Waals surface area contributed by atoms with Crippen LogP contribution in [0.1, 0.15) is 43.5 Å². The van der Waals surface area contributed by atoms with E-state index in [4.69, 9.17) is 0 Å². The predicted molar refractivity (Wildman–Crippen MR) is 109 cm³/mol. The van der Waals surface area contributed by atoms with Crippen molar-refractivity contribution in [3.8, 4) is 0 Å². The molecule has 0 saturated carbocycles. The molecule has 150 valence electrons. The van der Waals surface area contributed by atoms with Gasteiger partial charge in [-0.25, -0.2) is 8.42 Å². The van der Waals surface area contributed by atoms with Crippen LogP contribution < -0.4 is 10.2 Å². The summed E-state index contributed by atoms with van der Waals surface area (Å²) in [7, 11) is -3.10. The van der Waals surface area contributed by atoms with Gasteiger partial charge in [-0.2, -0.15) is 0 Å². The van der Waals surface area contributed by atoms with Crippen LogP contribution in [-0.4, -0.2) is 69.0 Å². The molecule has 2 aliphatic heterocycles. The fourth-order valence-electron chi connectivity index (χ4n) is 4.22. The molecule has 7 heteroatoms. The lowest BCUT2D eigenvalue weighted by Crippen LogP contribution is -2.50. The fraction of sp³-hybridized carbons (Fsp3) is 0.650. The van der Waals surface area contributed by atoms with E-state index >= 15 is 0 Å². The number of carbonyl (C=O) groups is 1. The predicted octanol–water partition coefficient (Wildman–Crippen LogP) is 1.91. The van der Waals surface area contributed by atoms with Crippen molar-refractivity contribution in [2.75, 3.05) is 42.6 Å². The van der Waals surface area contributed by atoms with Gasteiger partial charge in [-0.3, -0.25) is 9.69 Å². The lowest BCUT2D eigenvalue weighted by atomic mass is 10.1. The molecule has 0 spiro atoms. The summed E-state index contributed by atoms with van der Waals surface area (Å²) in [5, 5.41) is 2.99. The van der Waals surface area contributed by atoms with Gasteiger partial charge in [-0.05, 0) is 63.5 Å². The minimum atomic E-state index is -3.10. The average Bonchev–Trinajstić information content (AvgIpc) is 3.27. The molecule has 1 N–H and O–H groups in total. The highest BCUT2D eigenvalue weighted by molar-refractivity contribution is 7.91. The van der Waals surface area contributed by atoms with Gasteiger partial charge in [-0.1, -0.05) is 6.92 Å². The quantitative estimate of drug-likeness (QED) is 0.766. The minimum Gasteiger partial charge on any atom is -0.372 e. The van der Waals surface area contributed by atoms with E-state index in [9.17, 15) is 13.2 Å². The van der Waals surface area contributed by atoms with E-state index in [1.807, 2.05) is 24.3 Å². The van der Waals surface area contributed by atoms with E-state index in [1.165, 1.54) is 0 Å². The van der Waals surface area contributed by atoms with Gasteiger partial charge in [0.2, 0.25) is 0 Å². The first kappa shape index (κ1) is 20.1. The zero-order chi connectivity index (χ0) is 19.4.